The molecule has 5 nitrogen and oxygen atoms in total. The van der Waals surface area contributed by atoms with E-state index in [0.717, 1.165) is 37.2 Å². The molecule has 29 heavy (non-hydrogen) atoms. The second kappa shape index (κ2) is 11.8. The summed E-state index contributed by atoms with van der Waals surface area (Å²) < 4.78 is 17.1. The Hall–Kier alpha value is -2.14. The molecule has 158 valence electrons. The van der Waals surface area contributed by atoms with Gasteiger partial charge in [-0.3, -0.25) is 0 Å². The van der Waals surface area contributed by atoms with Crippen LogP contribution in [0, 0.1) is 0 Å². The van der Waals surface area contributed by atoms with E-state index in [-0.39, 0.29) is 6.10 Å². The van der Waals surface area contributed by atoms with E-state index in [1.807, 2.05) is 24.3 Å². The van der Waals surface area contributed by atoms with Crippen molar-refractivity contribution < 1.29 is 14.2 Å². The summed E-state index contributed by atoms with van der Waals surface area (Å²) in [6.45, 7) is 5.75. The zero-order chi connectivity index (χ0) is 20.3. The lowest BCUT2D eigenvalue weighted by Gasteiger charge is -2.08. The topological polar surface area (TPSA) is 56.8 Å². The highest BCUT2D eigenvalue weighted by Crippen LogP contribution is 2.27. The molecule has 1 aliphatic rings. The molecular weight excluding hydrogens is 364 g/mol. The number of epoxide rings is 1. The van der Waals surface area contributed by atoms with Crippen molar-refractivity contribution in [3.05, 3.63) is 36.7 Å². The summed E-state index contributed by atoms with van der Waals surface area (Å²) in [7, 11) is 0. The second-order valence-electron chi connectivity index (χ2n) is 7.70. The van der Waals surface area contributed by atoms with Gasteiger partial charge in [0.1, 0.15) is 18.5 Å². The molecule has 1 saturated heterocycles. The van der Waals surface area contributed by atoms with Gasteiger partial charge < -0.3 is 14.2 Å². The van der Waals surface area contributed by atoms with E-state index in [4.69, 9.17) is 14.2 Å². The highest BCUT2D eigenvalue weighted by molar-refractivity contribution is 5.56. The Morgan fingerprint density at radius 2 is 1.52 bits per heavy atom. The SMILES string of the molecule is CCCCCCCCOc1ccc(-c2ncc(OC[C@H]3O[C@@H]3CCC)cn2)cc1. The summed E-state index contributed by atoms with van der Waals surface area (Å²) >= 11 is 0. The van der Waals surface area contributed by atoms with Gasteiger partial charge in [0.2, 0.25) is 0 Å². The minimum Gasteiger partial charge on any atom is -0.494 e. The molecule has 2 atom stereocenters. The fourth-order valence-corrected chi connectivity index (χ4v) is 3.36. The first-order chi connectivity index (χ1) is 14.3. The van der Waals surface area contributed by atoms with Gasteiger partial charge in [-0.2, -0.15) is 0 Å². The summed E-state index contributed by atoms with van der Waals surface area (Å²) in [5.41, 5.74) is 0.969. The molecule has 2 aromatic rings. The number of hydrogen-bond donors (Lipinski definition) is 0. The minimum absolute atomic E-state index is 0.221. The van der Waals surface area contributed by atoms with Gasteiger partial charge in [-0.05, 0) is 37.1 Å². The van der Waals surface area contributed by atoms with Crippen LogP contribution in [0.25, 0.3) is 11.4 Å². The quantitative estimate of drug-likeness (QED) is 0.296. The third kappa shape index (κ3) is 7.32. The molecule has 0 spiro atoms. The molecule has 0 bridgehead atoms. The lowest BCUT2D eigenvalue weighted by molar-refractivity contribution is 0.258. The largest absolute Gasteiger partial charge is 0.494 e. The van der Waals surface area contributed by atoms with E-state index in [0.29, 0.717) is 24.3 Å². The van der Waals surface area contributed by atoms with E-state index in [9.17, 15) is 0 Å². The highest BCUT2D eigenvalue weighted by Gasteiger charge is 2.38. The number of unbranched alkanes of at least 4 members (excludes halogenated alkanes) is 5. The van der Waals surface area contributed by atoms with Crippen molar-refractivity contribution in [3.63, 3.8) is 0 Å². The number of benzene rings is 1. The smallest absolute Gasteiger partial charge is 0.159 e. The average Bonchev–Trinajstić information content (AvgIpc) is 3.51. The van der Waals surface area contributed by atoms with Crippen molar-refractivity contribution in [3.8, 4) is 22.9 Å². The molecule has 0 saturated carbocycles. The Balaban J connectivity index is 1.38. The molecule has 0 N–H and O–H groups in total. The molecule has 3 rings (SSSR count). The monoisotopic (exact) mass is 398 g/mol. The van der Waals surface area contributed by atoms with E-state index >= 15 is 0 Å². The van der Waals surface area contributed by atoms with Crippen LogP contribution >= 0.6 is 0 Å². The molecule has 2 heterocycles. The summed E-state index contributed by atoms with van der Waals surface area (Å²) in [4.78, 5) is 8.85. The van der Waals surface area contributed by atoms with Gasteiger partial charge >= 0.3 is 0 Å². The summed E-state index contributed by atoms with van der Waals surface area (Å²) in [5, 5.41) is 0. The maximum Gasteiger partial charge on any atom is 0.159 e. The standard InChI is InChI=1S/C24H34N2O3/c1-3-5-6-7-8-9-15-27-20-13-11-19(12-14-20)24-25-16-21(17-26-24)28-18-23-22(29-23)10-4-2/h11-14,16-17,22-23H,3-10,15,18H2,1-2H3/t22-,23-/m1/s1. The van der Waals surface area contributed by atoms with Crippen molar-refractivity contribution in [2.75, 3.05) is 13.2 Å². The predicted molar refractivity (Wildman–Crippen MR) is 115 cm³/mol. The van der Waals surface area contributed by atoms with Crippen LogP contribution < -0.4 is 9.47 Å². The Morgan fingerprint density at radius 1 is 0.793 bits per heavy atom. The molecule has 1 aromatic carbocycles. The first kappa shape index (κ1) is 21.6. The van der Waals surface area contributed by atoms with Gasteiger partial charge in [0.25, 0.3) is 0 Å². The third-order valence-electron chi connectivity index (χ3n) is 5.18. The average molecular weight is 399 g/mol. The number of aromatic nitrogens is 2. The number of hydrogen-bond acceptors (Lipinski definition) is 5. The van der Waals surface area contributed by atoms with Crippen molar-refractivity contribution in [2.24, 2.45) is 0 Å². The predicted octanol–water partition coefficient (Wildman–Crippen LogP) is 5.83. The van der Waals surface area contributed by atoms with Crippen LogP contribution in [-0.2, 0) is 4.74 Å². The minimum atomic E-state index is 0.221. The molecule has 0 radical (unpaired) electrons. The van der Waals surface area contributed by atoms with Gasteiger partial charge in [-0.1, -0.05) is 52.4 Å². The molecule has 0 amide bonds. The van der Waals surface area contributed by atoms with Gasteiger partial charge in [-0.25, -0.2) is 9.97 Å². The van der Waals surface area contributed by atoms with Crippen LogP contribution in [0.1, 0.15) is 65.2 Å². The maximum atomic E-state index is 5.84. The summed E-state index contributed by atoms with van der Waals surface area (Å²) in [6, 6.07) is 7.97. The first-order valence-electron chi connectivity index (χ1n) is 11.1. The number of ether oxygens (including phenoxy) is 3. The van der Waals surface area contributed by atoms with Gasteiger partial charge in [-0.15, -0.1) is 0 Å². The van der Waals surface area contributed by atoms with E-state index in [1.54, 1.807) is 12.4 Å². The van der Waals surface area contributed by atoms with Crippen molar-refractivity contribution in [1.29, 1.82) is 0 Å². The van der Waals surface area contributed by atoms with Crippen LogP contribution in [-0.4, -0.2) is 35.4 Å². The zero-order valence-electron chi connectivity index (χ0n) is 17.8. The van der Waals surface area contributed by atoms with Gasteiger partial charge in [0.15, 0.2) is 11.6 Å². The molecule has 5 heteroatoms. The fraction of sp³-hybridized carbons (Fsp3) is 0.583. The lowest BCUT2D eigenvalue weighted by atomic mass is 10.1. The Labute approximate surface area is 174 Å². The van der Waals surface area contributed by atoms with E-state index in [2.05, 4.69) is 23.8 Å². The first-order valence-corrected chi connectivity index (χ1v) is 11.1. The Kier molecular flexibility index (Phi) is 8.75. The summed E-state index contributed by atoms with van der Waals surface area (Å²) in [6.07, 6.45) is 13.9. The normalized spacial score (nSPS) is 17.9. The molecule has 0 unspecified atom stereocenters. The molecule has 0 aliphatic carbocycles. The lowest BCUT2D eigenvalue weighted by Crippen LogP contribution is -2.08. The fourth-order valence-electron chi connectivity index (χ4n) is 3.36. The molecular formula is C24H34N2O3. The zero-order valence-corrected chi connectivity index (χ0v) is 17.8. The Morgan fingerprint density at radius 3 is 2.24 bits per heavy atom. The number of nitrogens with zero attached hydrogens (tertiary/aromatic N) is 2. The molecule has 1 aromatic heterocycles. The van der Waals surface area contributed by atoms with Crippen molar-refractivity contribution >= 4 is 0 Å². The van der Waals surface area contributed by atoms with Crippen molar-refractivity contribution in [2.45, 2.75) is 77.4 Å². The second-order valence-corrected chi connectivity index (χ2v) is 7.70. The van der Waals surface area contributed by atoms with Crippen molar-refractivity contribution in [1.82, 2.24) is 9.97 Å². The van der Waals surface area contributed by atoms with Crippen LogP contribution in [0.3, 0.4) is 0 Å². The summed E-state index contributed by atoms with van der Waals surface area (Å²) in [5.74, 6) is 2.26. The van der Waals surface area contributed by atoms with Crippen LogP contribution in [0.4, 0.5) is 0 Å². The van der Waals surface area contributed by atoms with E-state index in [1.165, 1.54) is 32.1 Å². The van der Waals surface area contributed by atoms with Crippen LogP contribution in [0.5, 0.6) is 11.5 Å². The van der Waals surface area contributed by atoms with Gasteiger partial charge in [0, 0.05) is 5.56 Å². The highest BCUT2D eigenvalue weighted by atomic mass is 16.6. The van der Waals surface area contributed by atoms with Crippen LogP contribution in [0.15, 0.2) is 36.7 Å². The molecule has 1 aliphatic heterocycles. The Bertz CT molecular complexity index is 703. The number of rotatable bonds is 14. The van der Waals surface area contributed by atoms with Crippen LogP contribution in [0.2, 0.25) is 0 Å². The van der Waals surface area contributed by atoms with E-state index < -0.39 is 0 Å². The maximum absolute atomic E-state index is 5.84. The molecule has 1 fully saturated rings. The third-order valence-corrected chi connectivity index (χ3v) is 5.18. The van der Waals surface area contributed by atoms with Gasteiger partial charge in [0.05, 0.1) is 25.1 Å².